The fraction of sp³-hybridized carbons (Fsp3) is 0.200. The minimum Gasteiger partial charge on any atom is -0.497 e. The Morgan fingerprint density at radius 2 is 2.10 bits per heavy atom. The van der Waals surface area contributed by atoms with E-state index in [0.717, 1.165) is 17.1 Å². The van der Waals surface area contributed by atoms with E-state index in [1.165, 1.54) is 0 Å². The lowest BCUT2D eigenvalue weighted by atomic mass is 10.2. The number of methoxy groups -OCH3 is 1. The van der Waals surface area contributed by atoms with E-state index in [0.29, 0.717) is 27.9 Å². The molecule has 1 heterocycles. The fourth-order valence-corrected chi connectivity index (χ4v) is 2.18. The molecule has 2 aromatic rings. The number of thiocarbonyl (C=S) groups is 1. The number of aromatic nitrogens is 1. The maximum Gasteiger partial charge on any atom is 0.138 e. The van der Waals surface area contributed by atoms with E-state index in [9.17, 15) is 0 Å². The van der Waals surface area contributed by atoms with Crippen molar-refractivity contribution in [3.8, 4) is 11.5 Å². The van der Waals surface area contributed by atoms with Gasteiger partial charge in [0.2, 0.25) is 0 Å². The molecular weight excluding hydrogens is 308 g/mol. The lowest BCUT2D eigenvalue weighted by Crippen LogP contribution is -2.09. The van der Waals surface area contributed by atoms with Crippen LogP contribution in [0.25, 0.3) is 0 Å². The van der Waals surface area contributed by atoms with E-state index in [2.05, 4.69) is 4.98 Å². The molecule has 0 saturated carbocycles. The lowest BCUT2D eigenvalue weighted by molar-refractivity contribution is 0.300. The third kappa shape index (κ3) is 4.06. The molecule has 0 bridgehead atoms. The molecule has 0 amide bonds. The van der Waals surface area contributed by atoms with Crippen molar-refractivity contribution >= 4 is 28.8 Å². The van der Waals surface area contributed by atoms with Gasteiger partial charge in [0.05, 0.1) is 17.8 Å². The highest BCUT2D eigenvalue weighted by Gasteiger charge is 2.07. The number of hydrogen-bond donors (Lipinski definition) is 1. The van der Waals surface area contributed by atoms with Crippen molar-refractivity contribution < 1.29 is 9.47 Å². The third-order valence-electron chi connectivity index (χ3n) is 2.81. The van der Waals surface area contributed by atoms with Crippen LogP contribution in [-0.2, 0) is 6.61 Å². The van der Waals surface area contributed by atoms with Gasteiger partial charge in [-0.1, -0.05) is 23.8 Å². The van der Waals surface area contributed by atoms with Gasteiger partial charge in [-0.2, -0.15) is 0 Å². The second-order valence-corrected chi connectivity index (χ2v) is 5.28. The average Bonchev–Trinajstić information content (AvgIpc) is 2.45. The molecule has 2 N–H and O–H groups in total. The summed E-state index contributed by atoms with van der Waals surface area (Å²) in [6.07, 6.45) is 0. The summed E-state index contributed by atoms with van der Waals surface area (Å²) in [5.74, 6) is 1.30. The number of pyridine rings is 1. The van der Waals surface area contributed by atoms with Gasteiger partial charge in [0.25, 0.3) is 0 Å². The zero-order valence-electron chi connectivity index (χ0n) is 11.7. The molecule has 4 nitrogen and oxygen atoms in total. The van der Waals surface area contributed by atoms with E-state index < -0.39 is 0 Å². The Hall–Kier alpha value is -1.85. The van der Waals surface area contributed by atoms with Gasteiger partial charge in [0.15, 0.2) is 0 Å². The summed E-state index contributed by atoms with van der Waals surface area (Å²) in [6, 6.07) is 8.87. The SMILES string of the molecule is COc1cc(C)nc(COc2ccc(C(N)=S)cc2Cl)c1. The number of halogens is 1. The maximum absolute atomic E-state index is 6.14. The van der Waals surface area contributed by atoms with Crippen LogP contribution < -0.4 is 15.2 Å². The van der Waals surface area contributed by atoms with Crippen LogP contribution in [0.3, 0.4) is 0 Å². The molecule has 0 radical (unpaired) electrons. The minimum atomic E-state index is 0.296. The summed E-state index contributed by atoms with van der Waals surface area (Å²) in [6.45, 7) is 2.19. The Labute approximate surface area is 133 Å². The Balaban J connectivity index is 2.13. The van der Waals surface area contributed by atoms with Gasteiger partial charge in [-0.25, -0.2) is 0 Å². The molecule has 0 aliphatic carbocycles. The predicted molar refractivity (Wildman–Crippen MR) is 87.2 cm³/mol. The van der Waals surface area contributed by atoms with Crippen LogP contribution in [0.1, 0.15) is 17.0 Å². The zero-order chi connectivity index (χ0) is 15.4. The van der Waals surface area contributed by atoms with Crippen LogP contribution in [0, 0.1) is 6.92 Å². The van der Waals surface area contributed by atoms with E-state index in [-0.39, 0.29) is 0 Å². The monoisotopic (exact) mass is 322 g/mol. The second-order valence-electron chi connectivity index (χ2n) is 4.44. The van der Waals surface area contributed by atoms with Crippen LogP contribution in [0.4, 0.5) is 0 Å². The molecule has 0 aliphatic rings. The third-order valence-corrected chi connectivity index (χ3v) is 3.34. The zero-order valence-corrected chi connectivity index (χ0v) is 13.3. The highest BCUT2D eigenvalue weighted by atomic mass is 35.5. The van der Waals surface area contributed by atoms with Crippen molar-refractivity contribution in [2.75, 3.05) is 7.11 Å². The number of aryl methyl sites for hydroxylation is 1. The molecule has 1 aromatic heterocycles. The molecule has 0 fully saturated rings. The van der Waals surface area contributed by atoms with Crippen molar-refractivity contribution in [2.45, 2.75) is 13.5 Å². The number of ether oxygens (including phenoxy) is 2. The molecule has 1 aromatic carbocycles. The van der Waals surface area contributed by atoms with E-state index in [4.69, 9.17) is 39.0 Å². The molecule has 0 saturated heterocycles. The Bertz CT molecular complexity index is 677. The highest BCUT2D eigenvalue weighted by Crippen LogP contribution is 2.26. The van der Waals surface area contributed by atoms with E-state index >= 15 is 0 Å². The van der Waals surface area contributed by atoms with Gasteiger partial charge in [0, 0.05) is 23.4 Å². The van der Waals surface area contributed by atoms with Gasteiger partial charge in [-0.3, -0.25) is 4.98 Å². The van der Waals surface area contributed by atoms with Gasteiger partial charge in [-0.05, 0) is 25.1 Å². The summed E-state index contributed by atoms with van der Waals surface area (Å²) in [5.41, 5.74) is 7.89. The minimum absolute atomic E-state index is 0.296. The van der Waals surface area contributed by atoms with Gasteiger partial charge >= 0.3 is 0 Å². The average molecular weight is 323 g/mol. The number of nitrogens with zero attached hydrogens (tertiary/aromatic N) is 1. The standard InChI is InChI=1S/C15H15ClN2O2S/c1-9-5-12(19-2)7-11(18-9)8-20-14-4-3-10(15(17)21)6-13(14)16/h3-7H,8H2,1-2H3,(H2,17,21). The largest absolute Gasteiger partial charge is 0.497 e. The van der Waals surface area contributed by atoms with Crippen LogP contribution in [0.5, 0.6) is 11.5 Å². The summed E-state index contributed by atoms with van der Waals surface area (Å²) in [4.78, 5) is 4.68. The predicted octanol–water partition coefficient (Wildman–Crippen LogP) is 3.27. The van der Waals surface area contributed by atoms with Gasteiger partial charge in [-0.15, -0.1) is 0 Å². The van der Waals surface area contributed by atoms with Crippen molar-refractivity contribution in [3.05, 3.63) is 52.3 Å². The molecule has 2 rings (SSSR count). The smallest absolute Gasteiger partial charge is 0.138 e. The topological polar surface area (TPSA) is 57.4 Å². The van der Waals surface area contributed by atoms with Gasteiger partial charge in [0.1, 0.15) is 23.1 Å². The molecule has 6 heteroatoms. The van der Waals surface area contributed by atoms with Crippen molar-refractivity contribution in [1.29, 1.82) is 0 Å². The van der Waals surface area contributed by atoms with Crippen molar-refractivity contribution in [1.82, 2.24) is 4.98 Å². The van der Waals surface area contributed by atoms with Crippen LogP contribution >= 0.6 is 23.8 Å². The lowest BCUT2D eigenvalue weighted by Gasteiger charge is -2.10. The van der Waals surface area contributed by atoms with Crippen LogP contribution in [0.2, 0.25) is 5.02 Å². The molecule has 21 heavy (non-hydrogen) atoms. The summed E-state index contributed by atoms with van der Waals surface area (Å²) >= 11 is 11.0. The quantitative estimate of drug-likeness (QED) is 0.856. The van der Waals surface area contributed by atoms with Gasteiger partial charge < -0.3 is 15.2 Å². The second kappa shape index (κ2) is 6.74. The number of rotatable bonds is 5. The first-order chi connectivity index (χ1) is 9.99. The first kappa shape index (κ1) is 15.5. The van der Waals surface area contributed by atoms with E-state index in [1.807, 2.05) is 19.1 Å². The molecule has 0 unspecified atom stereocenters. The first-order valence-electron chi connectivity index (χ1n) is 6.23. The molecule has 110 valence electrons. The number of benzene rings is 1. The Morgan fingerprint density at radius 3 is 2.71 bits per heavy atom. The summed E-state index contributed by atoms with van der Waals surface area (Å²) < 4.78 is 10.9. The molecule has 0 aliphatic heterocycles. The number of hydrogen-bond acceptors (Lipinski definition) is 4. The molecular formula is C15H15ClN2O2S. The highest BCUT2D eigenvalue weighted by molar-refractivity contribution is 7.80. The summed E-state index contributed by atoms with van der Waals surface area (Å²) in [5, 5.41) is 0.458. The Morgan fingerprint density at radius 1 is 1.33 bits per heavy atom. The van der Waals surface area contributed by atoms with Crippen molar-refractivity contribution in [3.63, 3.8) is 0 Å². The van der Waals surface area contributed by atoms with Crippen molar-refractivity contribution in [2.24, 2.45) is 5.73 Å². The summed E-state index contributed by atoms with van der Waals surface area (Å²) in [7, 11) is 1.62. The first-order valence-corrected chi connectivity index (χ1v) is 7.02. The molecule has 0 atom stereocenters. The van der Waals surface area contributed by atoms with Crippen LogP contribution in [-0.4, -0.2) is 17.1 Å². The fourth-order valence-electron chi connectivity index (χ4n) is 1.82. The normalized spacial score (nSPS) is 10.2. The maximum atomic E-state index is 6.14. The Kier molecular flexibility index (Phi) is 4.98. The molecule has 0 spiro atoms. The number of nitrogens with two attached hydrogens (primary N) is 1. The van der Waals surface area contributed by atoms with E-state index in [1.54, 1.807) is 25.3 Å². The van der Waals surface area contributed by atoms with Crippen LogP contribution in [0.15, 0.2) is 30.3 Å².